The Labute approximate surface area is 204 Å². The normalized spacial score (nSPS) is 28.2. The highest BCUT2D eigenvalue weighted by Crippen LogP contribution is 2.46. The van der Waals surface area contributed by atoms with Gasteiger partial charge in [0, 0.05) is 30.5 Å². The number of rotatable bonds is 6. The number of alkyl carbamates (subject to hydrolysis) is 1. The van der Waals surface area contributed by atoms with E-state index >= 15 is 0 Å². The molecule has 2 amide bonds. The number of carbonyl (C=O) groups excluding carboxylic acids is 2. The number of amides is 2. The molecule has 2 N–H and O–H groups in total. The van der Waals surface area contributed by atoms with Crippen molar-refractivity contribution in [3.05, 3.63) is 59.7 Å². The number of benzene rings is 2. The molecule has 6 rings (SSSR count). The van der Waals surface area contributed by atoms with Crippen LogP contribution in [0, 0.1) is 17.8 Å². The number of carboxylic acid groups (broad SMARTS) is 1. The number of piperidine rings is 1. The van der Waals surface area contributed by atoms with Crippen molar-refractivity contribution in [2.45, 2.75) is 50.1 Å². The predicted octanol–water partition coefficient (Wildman–Crippen LogP) is 4.02. The molecule has 7 heteroatoms. The van der Waals surface area contributed by atoms with Gasteiger partial charge in [-0.2, -0.15) is 0 Å². The quantitative estimate of drug-likeness (QED) is 0.659. The van der Waals surface area contributed by atoms with E-state index in [1.165, 1.54) is 22.3 Å². The Morgan fingerprint density at radius 1 is 0.914 bits per heavy atom. The number of hydrogen-bond acceptors (Lipinski definition) is 4. The van der Waals surface area contributed by atoms with Crippen LogP contribution in [-0.2, 0) is 14.3 Å². The number of ether oxygens (including phenoxy) is 1. The number of fused-ring (bicyclic) bond motifs is 5. The van der Waals surface area contributed by atoms with Gasteiger partial charge in [0.05, 0.1) is 5.92 Å². The van der Waals surface area contributed by atoms with Crippen LogP contribution in [0.4, 0.5) is 4.79 Å². The summed E-state index contributed by atoms with van der Waals surface area (Å²) in [4.78, 5) is 39.0. The Balaban J connectivity index is 1.000. The molecule has 0 radical (unpaired) electrons. The summed E-state index contributed by atoms with van der Waals surface area (Å²) >= 11 is 0. The summed E-state index contributed by atoms with van der Waals surface area (Å²) in [6.07, 6.45) is 3.23. The van der Waals surface area contributed by atoms with Crippen molar-refractivity contribution in [1.82, 2.24) is 10.2 Å². The summed E-state index contributed by atoms with van der Waals surface area (Å²) in [6, 6.07) is 16.6. The fourth-order valence-electron chi connectivity index (χ4n) is 6.57. The van der Waals surface area contributed by atoms with Crippen LogP contribution in [0.15, 0.2) is 48.5 Å². The van der Waals surface area contributed by atoms with Gasteiger partial charge in [-0.25, -0.2) is 4.79 Å². The standard InChI is InChI=1S/C28H30N2O5/c31-26(30-18-9-10-19(30)12-16(11-18)27(32)33)24-13-17(24)14-29-28(34)35-15-25-22-7-3-1-5-20(22)21-6-2-4-8-23(21)25/h1-8,16-19,24-25H,9-15H2,(H,29,34)(H,32,33)/t16?,17-,18?,19?,24-/m1/s1. The topological polar surface area (TPSA) is 95.9 Å². The van der Waals surface area contributed by atoms with E-state index in [1.807, 2.05) is 29.2 Å². The summed E-state index contributed by atoms with van der Waals surface area (Å²) in [6.45, 7) is 0.697. The molecular weight excluding hydrogens is 444 g/mol. The van der Waals surface area contributed by atoms with E-state index in [1.54, 1.807) is 0 Å². The maximum atomic E-state index is 13.1. The summed E-state index contributed by atoms with van der Waals surface area (Å²) < 4.78 is 5.61. The van der Waals surface area contributed by atoms with E-state index in [2.05, 4.69) is 29.6 Å². The minimum Gasteiger partial charge on any atom is -0.481 e. The van der Waals surface area contributed by atoms with Gasteiger partial charge < -0.3 is 20.1 Å². The summed E-state index contributed by atoms with van der Waals surface area (Å²) in [5.41, 5.74) is 4.74. The molecule has 4 aliphatic rings. The van der Waals surface area contributed by atoms with Crippen molar-refractivity contribution >= 4 is 18.0 Å². The Bertz CT molecular complexity index is 1120. The third-order valence-corrected chi connectivity index (χ3v) is 8.43. The Kier molecular flexibility index (Phi) is 5.50. The molecule has 2 aromatic rings. The minimum atomic E-state index is -0.745. The molecule has 2 aliphatic heterocycles. The van der Waals surface area contributed by atoms with Crippen molar-refractivity contribution < 1.29 is 24.2 Å². The van der Waals surface area contributed by atoms with Gasteiger partial charge in [-0.1, -0.05) is 48.5 Å². The number of nitrogens with one attached hydrogen (secondary N) is 1. The lowest BCUT2D eigenvalue weighted by atomic mass is 9.90. The smallest absolute Gasteiger partial charge is 0.407 e. The second kappa shape index (κ2) is 8.70. The lowest BCUT2D eigenvalue weighted by Gasteiger charge is -2.38. The molecule has 7 nitrogen and oxygen atoms in total. The molecule has 2 heterocycles. The fourth-order valence-corrected chi connectivity index (χ4v) is 6.57. The molecule has 2 bridgehead atoms. The first-order valence-corrected chi connectivity index (χ1v) is 12.6. The van der Waals surface area contributed by atoms with E-state index in [9.17, 15) is 19.5 Å². The molecule has 182 valence electrons. The van der Waals surface area contributed by atoms with Crippen LogP contribution in [0.1, 0.15) is 49.1 Å². The van der Waals surface area contributed by atoms with Crippen LogP contribution < -0.4 is 5.32 Å². The van der Waals surface area contributed by atoms with Crippen molar-refractivity contribution in [1.29, 1.82) is 0 Å². The van der Waals surface area contributed by atoms with Crippen LogP contribution in [0.3, 0.4) is 0 Å². The fraction of sp³-hybridized carbons (Fsp3) is 0.464. The Hall–Kier alpha value is -3.35. The van der Waals surface area contributed by atoms with Crippen molar-refractivity contribution in [3.8, 4) is 11.1 Å². The number of carbonyl (C=O) groups is 3. The van der Waals surface area contributed by atoms with Crippen molar-refractivity contribution in [2.75, 3.05) is 13.2 Å². The number of carboxylic acids is 1. The van der Waals surface area contributed by atoms with E-state index in [0.717, 1.165) is 19.3 Å². The number of aliphatic carboxylic acids is 1. The lowest BCUT2D eigenvalue weighted by Crippen LogP contribution is -2.48. The van der Waals surface area contributed by atoms with Crippen LogP contribution in [-0.4, -0.2) is 53.2 Å². The van der Waals surface area contributed by atoms with Gasteiger partial charge in [0.1, 0.15) is 6.61 Å². The molecule has 2 unspecified atom stereocenters. The van der Waals surface area contributed by atoms with Gasteiger partial charge in [0.25, 0.3) is 0 Å². The van der Waals surface area contributed by atoms with E-state index in [4.69, 9.17) is 4.74 Å². The average Bonchev–Trinajstić information content (AvgIpc) is 3.52. The minimum absolute atomic E-state index is 0.0209. The molecule has 2 saturated heterocycles. The van der Waals surface area contributed by atoms with Gasteiger partial charge in [0.15, 0.2) is 0 Å². The monoisotopic (exact) mass is 474 g/mol. The van der Waals surface area contributed by atoms with Gasteiger partial charge in [-0.15, -0.1) is 0 Å². The highest BCUT2D eigenvalue weighted by Gasteiger charge is 2.52. The molecule has 2 aliphatic carbocycles. The third-order valence-electron chi connectivity index (χ3n) is 8.43. The molecule has 2 aromatic carbocycles. The zero-order chi connectivity index (χ0) is 24.1. The molecule has 0 spiro atoms. The third kappa shape index (κ3) is 3.97. The molecule has 1 saturated carbocycles. The Morgan fingerprint density at radius 3 is 2.11 bits per heavy atom. The zero-order valence-electron chi connectivity index (χ0n) is 19.6. The van der Waals surface area contributed by atoms with Crippen LogP contribution >= 0.6 is 0 Å². The first-order valence-electron chi connectivity index (χ1n) is 12.6. The summed E-state index contributed by atoms with van der Waals surface area (Å²) in [5.74, 6) is -0.867. The molecule has 0 aromatic heterocycles. The molecule has 4 atom stereocenters. The summed E-state index contributed by atoms with van der Waals surface area (Å²) in [7, 11) is 0. The highest BCUT2D eigenvalue weighted by atomic mass is 16.5. The zero-order valence-corrected chi connectivity index (χ0v) is 19.6. The van der Waals surface area contributed by atoms with Crippen LogP contribution in [0.2, 0.25) is 0 Å². The maximum Gasteiger partial charge on any atom is 0.407 e. The number of nitrogens with zero attached hydrogens (tertiary/aromatic N) is 1. The van der Waals surface area contributed by atoms with Gasteiger partial charge >= 0.3 is 12.1 Å². The average molecular weight is 475 g/mol. The maximum absolute atomic E-state index is 13.1. The van der Waals surface area contributed by atoms with Crippen LogP contribution in [0.25, 0.3) is 11.1 Å². The predicted molar refractivity (Wildman–Crippen MR) is 129 cm³/mol. The second-order valence-corrected chi connectivity index (χ2v) is 10.4. The van der Waals surface area contributed by atoms with E-state index in [-0.39, 0.29) is 48.3 Å². The van der Waals surface area contributed by atoms with Crippen molar-refractivity contribution in [3.63, 3.8) is 0 Å². The first-order chi connectivity index (χ1) is 17.0. The van der Waals surface area contributed by atoms with Gasteiger partial charge in [-0.3, -0.25) is 9.59 Å². The second-order valence-electron chi connectivity index (χ2n) is 10.4. The molecule has 35 heavy (non-hydrogen) atoms. The first kappa shape index (κ1) is 22.1. The molecular formula is C28H30N2O5. The molecule has 3 fully saturated rings. The summed E-state index contributed by atoms with van der Waals surface area (Å²) in [5, 5.41) is 12.2. The lowest BCUT2D eigenvalue weighted by molar-refractivity contribution is -0.149. The Morgan fingerprint density at radius 2 is 1.51 bits per heavy atom. The van der Waals surface area contributed by atoms with E-state index < -0.39 is 12.1 Å². The van der Waals surface area contributed by atoms with Gasteiger partial charge in [-0.05, 0) is 60.3 Å². The number of hydrogen-bond donors (Lipinski definition) is 2. The largest absolute Gasteiger partial charge is 0.481 e. The van der Waals surface area contributed by atoms with E-state index in [0.29, 0.717) is 19.4 Å². The van der Waals surface area contributed by atoms with Crippen molar-refractivity contribution in [2.24, 2.45) is 17.8 Å². The SMILES string of the molecule is O=C(NC[C@H]1C[C@H]1C(=O)N1C2CCC1CC(C(=O)O)C2)OCC1c2ccccc2-c2ccccc21. The van der Waals surface area contributed by atoms with Gasteiger partial charge in [0.2, 0.25) is 5.91 Å². The highest BCUT2D eigenvalue weighted by molar-refractivity contribution is 5.83. The van der Waals surface area contributed by atoms with Crippen LogP contribution in [0.5, 0.6) is 0 Å².